The van der Waals surface area contributed by atoms with Gasteiger partial charge >= 0.3 is 0 Å². The molecule has 0 aliphatic carbocycles. The van der Waals surface area contributed by atoms with E-state index >= 15 is 0 Å². The van der Waals surface area contributed by atoms with Gasteiger partial charge in [-0.1, -0.05) is 12.1 Å². The van der Waals surface area contributed by atoms with E-state index in [1.807, 2.05) is 24.3 Å². The summed E-state index contributed by atoms with van der Waals surface area (Å²) in [5.74, 6) is 1.85. The minimum absolute atomic E-state index is 0.209. The van der Waals surface area contributed by atoms with Gasteiger partial charge in [0, 0.05) is 30.1 Å². The second-order valence-electron chi connectivity index (χ2n) is 6.14. The number of hydrogen-bond acceptors (Lipinski definition) is 8. The van der Waals surface area contributed by atoms with Crippen LogP contribution in [0.3, 0.4) is 0 Å². The minimum Gasteiger partial charge on any atom is -0.493 e. The summed E-state index contributed by atoms with van der Waals surface area (Å²) in [6, 6.07) is 9.13. The van der Waals surface area contributed by atoms with Gasteiger partial charge in [-0.2, -0.15) is 0 Å². The summed E-state index contributed by atoms with van der Waals surface area (Å²) in [6.45, 7) is 0. The lowest BCUT2D eigenvalue weighted by Gasteiger charge is -2.12. The SMILES string of the molecule is COc1cc(N=C2NC(=O)SC2=Cc2cccc3nccnc23)cc(OC)c1OC. The van der Waals surface area contributed by atoms with E-state index in [0.29, 0.717) is 33.7 Å². The van der Waals surface area contributed by atoms with E-state index in [1.54, 1.807) is 24.5 Å². The topological polar surface area (TPSA) is 94.9 Å². The molecule has 2 aromatic carbocycles. The maximum atomic E-state index is 12.1. The number of carbonyl (C=O) groups is 1. The third-order valence-corrected chi connectivity index (χ3v) is 5.18. The van der Waals surface area contributed by atoms with Crippen molar-refractivity contribution in [3.63, 3.8) is 0 Å². The van der Waals surface area contributed by atoms with Crippen LogP contribution in [0.2, 0.25) is 0 Å². The lowest BCUT2D eigenvalue weighted by atomic mass is 10.1. The number of aromatic nitrogens is 2. The van der Waals surface area contributed by atoms with E-state index in [0.717, 1.165) is 28.4 Å². The number of para-hydroxylation sites is 1. The number of rotatable bonds is 5. The predicted molar refractivity (Wildman–Crippen MR) is 117 cm³/mol. The van der Waals surface area contributed by atoms with Gasteiger partial charge in [-0.15, -0.1) is 0 Å². The van der Waals surface area contributed by atoms with Crippen LogP contribution < -0.4 is 19.5 Å². The Morgan fingerprint density at radius 2 is 1.77 bits per heavy atom. The quantitative estimate of drug-likeness (QED) is 0.659. The van der Waals surface area contributed by atoms with Crippen LogP contribution in [0.1, 0.15) is 5.56 Å². The average molecular weight is 422 g/mol. The highest BCUT2D eigenvalue weighted by Gasteiger charge is 2.24. The molecule has 4 rings (SSSR count). The van der Waals surface area contributed by atoms with Gasteiger partial charge < -0.3 is 19.5 Å². The molecule has 3 aromatic rings. The Labute approximate surface area is 177 Å². The van der Waals surface area contributed by atoms with Crippen LogP contribution in [-0.4, -0.2) is 42.4 Å². The van der Waals surface area contributed by atoms with E-state index in [1.165, 1.54) is 21.3 Å². The van der Waals surface area contributed by atoms with E-state index in [-0.39, 0.29) is 5.24 Å². The van der Waals surface area contributed by atoms with E-state index in [9.17, 15) is 4.79 Å². The average Bonchev–Trinajstić information content (AvgIpc) is 3.11. The summed E-state index contributed by atoms with van der Waals surface area (Å²) in [5.41, 5.74) is 2.92. The van der Waals surface area contributed by atoms with Crippen LogP contribution >= 0.6 is 11.8 Å². The van der Waals surface area contributed by atoms with Crippen molar-refractivity contribution >= 4 is 45.6 Å². The number of amidine groups is 1. The highest BCUT2D eigenvalue weighted by Crippen LogP contribution is 2.41. The number of nitrogens with one attached hydrogen (secondary N) is 1. The molecule has 1 aliphatic rings. The van der Waals surface area contributed by atoms with Gasteiger partial charge in [-0.3, -0.25) is 14.8 Å². The van der Waals surface area contributed by atoms with Crippen LogP contribution in [0.15, 0.2) is 52.6 Å². The second kappa shape index (κ2) is 8.42. The molecular weight excluding hydrogens is 404 g/mol. The summed E-state index contributed by atoms with van der Waals surface area (Å²) in [7, 11) is 4.61. The first kappa shape index (κ1) is 19.7. The number of benzene rings is 2. The molecule has 1 aromatic heterocycles. The minimum atomic E-state index is -0.209. The van der Waals surface area contributed by atoms with Crippen molar-refractivity contribution in [1.82, 2.24) is 15.3 Å². The molecule has 8 nitrogen and oxygen atoms in total. The molecule has 0 unspecified atom stereocenters. The van der Waals surface area contributed by atoms with Crippen molar-refractivity contribution < 1.29 is 19.0 Å². The second-order valence-corrected chi connectivity index (χ2v) is 7.15. The van der Waals surface area contributed by atoms with Crippen molar-refractivity contribution in [2.24, 2.45) is 4.99 Å². The van der Waals surface area contributed by atoms with Gasteiger partial charge in [0.2, 0.25) is 5.75 Å². The monoisotopic (exact) mass is 422 g/mol. The highest BCUT2D eigenvalue weighted by atomic mass is 32.2. The fourth-order valence-electron chi connectivity index (χ4n) is 3.05. The van der Waals surface area contributed by atoms with E-state index in [4.69, 9.17) is 14.2 Å². The van der Waals surface area contributed by atoms with Gasteiger partial charge in [0.15, 0.2) is 11.5 Å². The molecule has 0 atom stereocenters. The number of fused-ring (bicyclic) bond motifs is 1. The van der Waals surface area contributed by atoms with Crippen molar-refractivity contribution in [3.8, 4) is 17.2 Å². The third kappa shape index (κ3) is 3.79. The first-order valence-electron chi connectivity index (χ1n) is 8.92. The van der Waals surface area contributed by atoms with Gasteiger partial charge in [0.1, 0.15) is 5.84 Å². The first-order valence-corrected chi connectivity index (χ1v) is 9.74. The van der Waals surface area contributed by atoms with Gasteiger partial charge in [0.25, 0.3) is 5.24 Å². The van der Waals surface area contributed by atoms with Crippen LogP contribution in [0.25, 0.3) is 17.1 Å². The van der Waals surface area contributed by atoms with Crippen molar-refractivity contribution in [2.45, 2.75) is 0 Å². The Hall–Kier alpha value is -3.59. The Bertz CT molecular complexity index is 1160. The Morgan fingerprint density at radius 1 is 1.03 bits per heavy atom. The molecule has 1 fully saturated rings. The molecule has 1 saturated heterocycles. The highest BCUT2D eigenvalue weighted by molar-refractivity contribution is 8.18. The first-order chi connectivity index (χ1) is 14.6. The Morgan fingerprint density at radius 3 is 2.47 bits per heavy atom. The molecule has 152 valence electrons. The van der Waals surface area contributed by atoms with Crippen molar-refractivity contribution in [2.75, 3.05) is 21.3 Å². The number of ether oxygens (including phenoxy) is 3. The lowest BCUT2D eigenvalue weighted by Crippen LogP contribution is -2.18. The summed E-state index contributed by atoms with van der Waals surface area (Å²) in [4.78, 5) is 26.1. The summed E-state index contributed by atoms with van der Waals surface area (Å²) < 4.78 is 16.1. The van der Waals surface area contributed by atoms with E-state index < -0.39 is 0 Å². The molecule has 0 radical (unpaired) electrons. The molecule has 0 saturated carbocycles. The molecule has 2 heterocycles. The number of amides is 1. The number of carbonyl (C=O) groups excluding carboxylic acids is 1. The van der Waals surface area contributed by atoms with Crippen molar-refractivity contribution in [3.05, 3.63) is 53.2 Å². The molecule has 30 heavy (non-hydrogen) atoms. The molecule has 9 heteroatoms. The zero-order chi connectivity index (χ0) is 21.1. The van der Waals surface area contributed by atoms with Crippen molar-refractivity contribution in [1.29, 1.82) is 0 Å². The van der Waals surface area contributed by atoms with Gasteiger partial charge in [-0.05, 0) is 23.9 Å². The van der Waals surface area contributed by atoms with Gasteiger partial charge in [0.05, 0.1) is 43.0 Å². The fraction of sp³-hybridized carbons (Fsp3) is 0.143. The molecule has 1 N–H and O–H groups in total. The smallest absolute Gasteiger partial charge is 0.289 e. The zero-order valence-electron chi connectivity index (χ0n) is 16.5. The van der Waals surface area contributed by atoms with Crippen LogP contribution in [0.4, 0.5) is 10.5 Å². The van der Waals surface area contributed by atoms with E-state index in [2.05, 4.69) is 20.3 Å². The zero-order valence-corrected chi connectivity index (χ0v) is 17.3. The Balaban J connectivity index is 1.79. The predicted octanol–water partition coefficient (Wildman–Crippen LogP) is 4.18. The molecular formula is C21H18N4O4S. The molecule has 0 spiro atoms. The van der Waals surface area contributed by atoms with Crippen LogP contribution in [0.5, 0.6) is 17.2 Å². The number of thioether (sulfide) groups is 1. The third-order valence-electron chi connectivity index (χ3n) is 4.36. The summed E-state index contributed by atoms with van der Waals surface area (Å²) >= 11 is 1.07. The standard InChI is InChI=1S/C21H18N4O4S/c1-27-15-10-13(11-16(28-2)19(15)29-3)24-20-17(30-21(26)25-20)9-12-5-4-6-14-18(12)23-8-7-22-14/h4-11H,1-3H3,(H,24,25,26). The maximum absolute atomic E-state index is 12.1. The maximum Gasteiger partial charge on any atom is 0.289 e. The number of hydrogen-bond donors (Lipinski definition) is 1. The summed E-state index contributed by atoms with van der Waals surface area (Å²) in [6.07, 6.45) is 5.16. The van der Waals surface area contributed by atoms with Crippen LogP contribution in [0, 0.1) is 0 Å². The Kier molecular flexibility index (Phi) is 5.53. The molecule has 1 amide bonds. The lowest BCUT2D eigenvalue weighted by molar-refractivity contribution is 0.265. The molecule has 0 bridgehead atoms. The fourth-order valence-corrected chi connectivity index (χ4v) is 3.77. The van der Waals surface area contributed by atoms with Crippen LogP contribution in [-0.2, 0) is 0 Å². The number of nitrogens with zero attached hydrogens (tertiary/aromatic N) is 3. The number of methoxy groups -OCH3 is 3. The van der Waals surface area contributed by atoms with Gasteiger partial charge in [-0.25, -0.2) is 4.99 Å². The normalized spacial score (nSPS) is 16.2. The largest absolute Gasteiger partial charge is 0.493 e. The summed E-state index contributed by atoms with van der Waals surface area (Å²) in [5, 5.41) is 2.57. The molecule has 1 aliphatic heterocycles. The number of aliphatic imine (C=N–C) groups is 1.